The Hall–Kier alpha value is -1.29. The van der Waals surface area contributed by atoms with E-state index in [1.54, 1.807) is 5.38 Å². The van der Waals surface area contributed by atoms with Gasteiger partial charge in [0, 0.05) is 17.0 Å². The van der Waals surface area contributed by atoms with Crippen LogP contribution in [0.5, 0.6) is 0 Å². The lowest BCUT2D eigenvalue weighted by Crippen LogP contribution is -1.90. The van der Waals surface area contributed by atoms with Crippen molar-refractivity contribution in [1.29, 1.82) is 0 Å². The van der Waals surface area contributed by atoms with E-state index in [2.05, 4.69) is 4.98 Å². The van der Waals surface area contributed by atoms with Gasteiger partial charge in [0.05, 0.1) is 6.20 Å². The molecule has 72 valence electrons. The molecule has 2 aromatic rings. The Morgan fingerprint density at radius 2 is 2.07 bits per heavy atom. The first-order valence-electron chi connectivity index (χ1n) is 4.02. The molecule has 0 saturated heterocycles. The van der Waals surface area contributed by atoms with Gasteiger partial charge in [-0.1, -0.05) is 0 Å². The number of hydrogen-bond acceptors (Lipinski definition) is 2. The summed E-state index contributed by atoms with van der Waals surface area (Å²) >= 11 is 1.47. The molecule has 0 fully saturated rings. The van der Waals surface area contributed by atoms with E-state index in [4.69, 9.17) is 0 Å². The van der Waals surface area contributed by atoms with Crippen molar-refractivity contribution in [2.45, 2.75) is 6.92 Å². The standard InChI is InChI=1S/C10H7F2NS/c1-6-4-14-5-8(6)10-9(12)2-7(11)3-13-10/h2-5H,1H3. The van der Waals surface area contributed by atoms with Gasteiger partial charge in [-0.25, -0.2) is 8.78 Å². The number of aromatic nitrogens is 1. The van der Waals surface area contributed by atoms with Crippen LogP contribution in [0.4, 0.5) is 8.78 Å². The SMILES string of the molecule is Cc1cscc1-c1ncc(F)cc1F. The van der Waals surface area contributed by atoms with Gasteiger partial charge in [-0.3, -0.25) is 4.98 Å². The average molecular weight is 211 g/mol. The summed E-state index contributed by atoms with van der Waals surface area (Å²) in [6.45, 7) is 1.87. The van der Waals surface area contributed by atoms with Crippen LogP contribution in [-0.2, 0) is 0 Å². The van der Waals surface area contributed by atoms with E-state index in [0.717, 1.165) is 23.4 Å². The fourth-order valence-electron chi connectivity index (χ4n) is 1.22. The number of halogens is 2. The van der Waals surface area contributed by atoms with Crippen LogP contribution in [0.15, 0.2) is 23.0 Å². The average Bonchev–Trinajstić information content (AvgIpc) is 2.52. The topological polar surface area (TPSA) is 12.9 Å². The molecular weight excluding hydrogens is 204 g/mol. The van der Waals surface area contributed by atoms with Gasteiger partial charge in [0.15, 0.2) is 5.82 Å². The third kappa shape index (κ3) is 1.53. The minimum absolute atomic E-state index is 0.213. The van der Waals surface area contributed by atoms with Crippen molar-refractivity contribution in [3.63, 3.8) is 0 Å². The molecule has 2 heterocycles. The Morgan fingerprint density at radius 3 is 2.64 bits per heavy atom. The Labute approximate surface area is 84.0 Å². The third-order valence-corrected chi connectivity index (χ3v) is 2.78. The first-order chi connectivity index (χ1) is 6.68. The van der Waals surface area contributed by atoms with Gasteiger partial charge in [0.2, 0.25) is 0 Å². The van der Waals surface area contributed by atoms with E-state index in [9.17, 15) is 8.78 Å². The van der Waals surface area contributed by atoms with Crippen molar-refractivity contribution in [3.05, 3.63) is 40.2 Å². The molecule has 14 heavy (non-hydrogen) atoms. The lowest BCUT2D eigenvalue weighted by molar-refractivity contribution is 0.576. The monoisotopic (exact) mass is 211 g/mol. The number of pyridine rings is 1. The third-order valence-electron chi connectivity index (χ3n) is 1.92. The summed E-state index contributed by atoms with van der Waals surface area (Å²) in [5.74, 6) is -1.27. The summed E-state index contributed by atoms with van der Waals surface area (Å²) in [6, 6.07) is 0.847. The van der Waals surface area contributed by atoms with Crippen LogP contribution in [0.3, 0.4) is 0 Å². The molecule has 0 aliphatic heterocycles. The van der Waals surface area contributed by atoms with Gasteiger partial charge < -0.3 is 0 Å². The zero-order valence-electron chi connectivity index (χ0n) is 7.42. The molecule has 0 aliphatic rings. The molecule has 4 heteroatoms. The molecule has 0 atom stereocenters. The summed E-state index contributed by atoms with van der Waals surface area (Å²) in [7, 11) is 0. The minimum Gasteiger partial charge on any atom is -0.250 e. The second-order valence-corrected chi connectivity index (χ2v) is 3.70. The molecule has 0 bridgehead atoms. The Kier molecular flexibility index (Phi) is 2.29. The van der Waals surface area contributed by atoms with E-state index in [1.165, 1.54) is 11.3 Å². The minimum atomic E-state index is -0.654. The van der Waals surface area contributed by atoms with Gasteiger partial charge in [0.25, 0.3) is 0 Å². The summed E-state index contributed by atoms with van der Waals surface area (Å²) < 4.78 is 25.9. The van der Waals surface area contributed by atoms with Gasteiger partial charge in [0.1, 0.15) is 11.5 Å². The van der Waals surface area contributed by atoms with E-state index in [-0.39, 0.29) is 5.69 Å². The van der Waals surface area contributed by atoms with Crippen molar-refractivity contribution < 1.29 is 8.78 Å². The number of aryl methyl sites for hydroxylation is 1. The maximum Gasteiger partial charge on any atom is 0.152 e. The maximum absolute atomic E-state index is 13.3. The predicted octanol–water partition coefficient (Wildman–Crippen LogP) is 3.40. The fraction of sp³-hybridized carbons (Fsp3) is 0.100. The van der Waals surface area contributed by atoms with Gasteiger partial charge >= 0.3 is 0 Å². The quantitative estimate of drug-likeness (QED) is 0.704. The Bertz CT molecular complexity index is 465. The van der Waals surface area contributed by atoms with E-state index in [0.29, 0.717) is 0 Å². The van der Waals surface area contributed by atoms with Crippen molar-refractivity contribution in [2.75, 3.05) is 0 Å². The van der Waals surface area contributed by atoms with Crippen LogP contribution in [0.1, 0.15) is 5.56 Å². The zero-order valence-corrected chi connectivity index (χ0v) is 8.24. The molecule has 0 amide bonds. The normalized spacial score (nSPS) is 10.5. The van der Waals surface area contributed by atoms with Crippen LogP contribution in [-0.4, -0.2) is 4.98 Å². The maximum atomic E-state index is 13.3. The molecule has 2 rings (SSSR count). The molecule has 0 aliphatic carbocycles. The van der Waals surface area contributed by atoms with Gasteiger partial charge in [-0.05, 0) is 17.9 Å². The Morgan fingerprint density at radius 1 is 1.29 bits per heavy atom. The number of rotatable bonds is 1. The van der Waals surface area contributed by atoms with Crippen LogP contribution >= 0.6 is 11.3 Å². The smallest absolute Gasteiger partial charge is 0.152 e. The van der Waals surface area contributed by atoms with Crippen LogP contribution < -0.4 is 0 Å². The largest absolute Gasteiger partial charge is 0.250 e. The highest BCUT2D eigenvalue weighted by Gasteiger charge is 2.10. The second kappa shape index (κ2) is 3.46. The first kappa shape index (κ1) is 9.27. The summed E-state index contributed by atoms with van der Waals surface area (Å²) in [5.41, 5.74) is 1.89. The van der Waals surface area contributed by atoms with Gasteiger partial charge in [-0.2, -0.15) is 11.3 Å². The van der Waals surface area contributed by atoms with Crippen molar-refractivity contribution in [3.8, 4) is 11.3 Å². The lowest BCUT2D eigenvalue weighted by Gasteiger charge is -2.00. The van der Waals surface area contributed by atoms with E-state index >= 15 is 0 Å². The second-order valence-electron chi connectivity index (χ2n) is 2.95. The van der Waals surface area contributed by atoms with Crippen LogP contribution in [0, 0.1) is 18.6 Å². The molecule has 0 radical (unpaired) electrons. The fourth-order valence-corrected chi connectivity index (χ4v) is 2.05. The zero-order chi connectivity index (χ0) is 10.1. The van der Waals surface area contributed by atoms with Crippen molar-refractivity contribution in [2.24, 2.45) is 0 Å². The summed E-state index contributed by atoms with van der Waals surface area (Å²) in [4.78, 5) is 3.74. The Balaban J connectivity index is 2.58. The predicted molar refractivity (Wildman–Crippen MR) is 52.2 cm³/mol. The highest BCUT2D eigenvalue weighted by Crippen LogP contribution is 2.27. The number of hydrogen-bond donors (Lipinski definition) is 0. The lowest BCUT2D eigenvalue weighted by atomic mass is 10.1. The summed E-state index contributed by atoms with van der Waals surface area (Å²) in [5, 5.41) is 3.71. The van der Waals surface area contributed by atoms with Crippen LogP contribution in [0.25, 0.3) is 11.3 Å². The van der Waals surface area contributed by atoms with Gasteiger partial charge in [-0.15, -0.1) is 0 Å². The highest BCUT2D eigenvalue weighted by atomic mass is 32.1. The molecule has 0 aromatic carbocycles. The number of thiophene rings is 1. The molecule has 0 spiro atoms. The van der Waals surface area contributed by atoms with E-state index < -0.39 is 11.6 Å². The molecule has 1 nitrogen and oxygen atoms in total. The van der Waals surface area contributed by atoms with Crippen LogP contribution in [0.2, 0.25) is 0 Å². The molecular formula is C10H7F2NS. The highest BCUT2D eigenvalue weighted by molar-refractivity contribution is 7.08. The van der Waals surface area contributed by atoms with Crippen molar-refractivity contribution in [1.82, 2.24) is 4.98 Å². The number of nitrogens with zero attached hydrogens (tertiary/aromatic N) is 1. The first-order valence-corrected chi connectivity index (χ1v) is 4.97. The van der Waals surface area contributed by atoms with Crippen molar-refractivity contribution >= 4 is 11.3 Å². The molecule has 0 unspecified atom stereocenters. The summed E-state index contributed by atoms with van der Waals surface area (Å²) in [6.07, 6.45) is 1.02. The molecule has 2 aromatic heterocycles. The molecule has 0 saturated carbocycles. The van der Waals surface area contributed by atoms with E-state index in [1.807, 2.05) is 12.3 Å². The molecule has 0 N–H and O–H groups in total.